The molecule has 1 fully saturated rings. The summed E-state index contributed by atoms with van der Waals surface area (Å²) in [5.41, 5.74) is 4.29. The SMILES string of the molecule is C(=C1/CCCN(Cc2ccccc2)C1)/c1ccccc1. The summed E-state index contributed by atoms with van der Waals surface area (Å²) in [4.78, 5) is 2.55. The summed E-state index contributed by atoms with van der Waals surface area (Å²) >= 11 is 0. The summed E-state index contributed by atoms with van der Waals surface area (Å²) in [6, 6.07) is 21.4. The first-order valence-electron chi connectivity index (χ1n) is 7.41. The van der Waals surface area contributed by atoms with E-state index in [9.17, 15) is 0 Å². The maximum absolute atomic E-state index is 2.55. The lowest BCUT2D eigenvalue weighted by Crippen LogP contribution is -2.30. The summed E-state index contributed by atoms with van der Waals surface area (Å²) in [6.45, 7) is 3.37. The molecule has 0 atom stereocenters. The third-order valence-electron chi connectivity index (χ3n) is 3.82. The van der Waals surface area contributed by atoms with Crippen LogP contribution in [0.15, 0.2) is 66.2 Å². The number of likely N-dealkylation sites (tertiary alicyclic amines) is 1. The van der Waals surface area contributed by atoms with Gasteiger partial charge in [-0.15, -0.1) is 0 Å². The number of benzene rings is 2. The Morgan fingerprint density at radius 2 is 1.60 bits per heavy atom. The Labute approximate surface area is 121 Å². The van der Waals surface area contributed by atoms with Crippen molar-refractivity contribution in [1.29, 1.82) is 0 Å². The van der Waals surface area contributed by atoms with Crippen LogP contribution in [-0.4, -0.2) is 18.0 Å². The molecule has 1 nitrogen and oxygen atoms in total. The molecule has 1 heterocycles. The van der Waals surface area contributed by atoms with Crippen LogP contribution in [0, 0.1) is 0 Å². The molecule has 0 radical (unpaired) electrons. The highest BCUT2D eigenvalue weighted by Crippen LogP contribution is 2.20. The Morgan fingerprint density at radius 1 is 0.900 bits per heavy atom. The second-order valence-electron chi connectivity index (χ2n) is 5.51. The number of nitrogens with zero attached hydrogens (tertiary/aromatic N) is 1. The normalized spacial score (nSPS) is 18.3. The molecule has 2 aromatic carbocycles. The summed E-state index contributed by atoms with van der Waals surface area (Å²) in [7, 11) is 0. The monoisotopic (exact) mass is 263 g/mol. The van der Waals surface area contributed by atoms with Crippen molar-refractivity contribution >= 4 is 6.08 Å². The molecule has 3 rings (SSSR count). The fourth-order valence-corrected chi connectivity index (χ4v) is 2.85. The highest BCUT2D eigenvalue weighted by Gasteiger charge is 2.14. The Morgan fingerprint density at radius 3 is 2.35 bits per heavy atom. The largest absolute Gasteiger partial charge is 0.295 e. The lowest BCUT2D eigenvalue weighted by molar-refractivity contribution is 0.259. The van der Waals surface area contributed by atoms with E-state index in [1.165, 1.54) is 30.5 Å². The molecule has 0 amide bonds. The Balaban J connectivity index is 1.66. The van der Waals surface area contributed by atoms with Gasteiger partial charge in [-0.25, -0.2) is 0 Å². The van der Waals surface area contributed by atoms with Gasteiger partial charge in [0, 0.05) is 13.1 Å². The standard InChI is InChI=1S/C19H21N/c1-3-8-17(9-4-1)14-19-12-7-13-20(16-19)15-18-10-5-2-6-11-18/h1-6,8-11,14H,7,12-13,15-16H2/b19-14+. The van der Waals surface area contributed by atoms with Crippen LogP contribution in [0.3, 0.4) is 0 Å². The van der Waals surface area contributed by atoms with E-state index < -0.39 is 0 Å². The van der Waals surface area contributed by atoms with Gasteiger partial charge in [0.2, 0.25) is 0 Å². The molecule has 0 N–H and O–H groups in total. The maximum atomic E-state index is 2.55. The summed E-state index contributed by atoms with van der Waals surface area (Å²) < 4.78 is 0. The maximum Gasteiger partial charge on any atom is 0.0237 e. The fraction of sp³-hybridized carbons (Fsp3) is 0.263. The molecule has 1 heteroatoms. The second kappa shape index (κ2) is 6.53. The Hall–Kier alpha value is -1.86. The van der Waals surface area contributed by atoms with Gasteiger partial charge in [-0.1, -0.05) is 72.3 Å². The zero-order valence-electron chi connectivity index (χ0n) is 11.8. The fourth-order valence-electron chi connectivity index (χ4n) is 2.85. The van der Waals surface area contributed by atoms with Crippen molar-refractivity contribution < 1.29 is 0 Å². The molecule has 2 aromatic rings. The van der Waals surface area contributed by atoms with Gasteiger partial charge in [-0.05, 0) is 30.5 Å². The molecule has 102 valence electrons. The number of hydrogen-bond donors (Lipinski definition) is 0. The highest BCUT2D eigenvalue weighted by molar-refractivity contribution is 5.53. The van der Waals surface area contributed by atoms with E-state index in [1.807, 2.05) is 0 Å². The summed E-state index contributed by atoms with van der Waals surface area (Å²) in [5.74, 6) is 0. The molecule has 0 aromatic heterocycles. The van der Waals surface area contributed by atoms with Crippen molar-refractivity contribution in [3.63, 3.8) is 0 Å². The molecular weight excluding hydrogens is 242 g/mol. The van der Waals surface area contributed by atoms with Crippen molar-refractivity contribution in [3.8, 4) is 0 Å². The predicted octanol–water partition coefficient (Wildman–Crippen LogP) is 4.37. The lowest BCUT2D eigenvalue weighted by atomic mass is 10.0. The van der Waals surface area contributed by atoms with Gasteiger partial charge in [-0.2, -0.15) is 0 Å². The van der Waals surface area contributed by atoms with Crippen LogP contribution in [0.5, 0.6) is 0 Å². The van der Waals surface area contributed by atoms with Gasteiger partial charge >= 0.3 is 0 Å². The molecule has 0 saturated carbocycles. The van der Waals surface area contributed by atoms with Gasteiger partial charge in [0.05, 0.1) is 0 Å². The molecule has 1 aliphatic rings. The molecular formula is C19H21N. The molecule has 1 aliphatic heterocycles. The van der Waals surface area contributed by atoms with Crippen LogP contribution in [0.1, 0.15) is 24.0 Å². The molecule has 0 spiro atoms. The third-order valence-corrected chi connectivity index (χ3v) is 3.82. The van der Waals surface area contributed by atoms with Gasteiger partial charge < -0.3 is 0 Å². The van der Waals surface area contributed by atoms with E-state index in [4.69, 9.17) is 0 Å². The van der Waals surface area contributed by atoms with E-state index in [0.29, 0.717) is 0 Å². The van der Waals surface area contributed by atoms with Crippen LogP contribution >= 0.6 is 0 Å². The Bertz CT molecular complexity index is 557. The summed E-state index contributed by atoms with van der Waals surface area (Å²) in [5, 5.41) is 0. The topological polar surface area (TPSA) is 3.24 Å². The third kappa shape index (κ3) is 3.58. The number of piperidine rings is 1. The van der Waals surface area contributed by atoms with Crippen molar-refractivity contribution in [1.82, 2.24) is 4.90 Å². The van der Waals surface area contributed by atoms with Crippen molar-refractivity contribution in [2.24, 2.45) is 0 Å². The predicted molar refractivity (Wildman–Crippen MR) is 85.4 cm³/mol. The van der Waals surface area contributed by atoms with Crippen molar-refractivity contribution in [2.75, 3.05) is 13.1 Å². The van der Waals surface area contributed by atoms with Gasteiger partial charge in [-0.3, -0.25) is 4.90 Å². The molecule has 0 unspecified atom stereocenters. The molecule has 1 saturated heterocycles. The summed E-state index contributed by atoms with van der Waals surface area (Å²) in [6.07, 6.45) is 4.86. The molecule has 0 aliphatic carbocycles. The first-order chi connectivity index (χ1) is 9.90. The Kier molecular flexibility index (Phi) is 4.29. The minimum Gasteiger partial charge on any atom is -0.295 e. The minimum absolute atomic E-state index is 1.06. The number of rotatable bonds is 3. The number of hydrogen-bond acceptors (Lipinski definition) is 1. The second-order valence-corrected chi connectivity index (χ2v) is 5.51. The van der Waals surface area contributed by atoms with Crippen LogP contribution in [0.2, 0.25) is 0 Å². The highest BCUT2D eigenvalue weighted by atomic mass is 15.1. The van der Waals surface area contributed by atoms with Crippen LogP contribution in [0.25, 0.3) is 6.08 Å². The zero-order valence-corrected chi connectivity index (χ0v) is 11.8. The zero-order chi connectivity index (χ0) is 13.6. The minimum atomic E-state index is 1.06. The van der Waals surface area contributed by atoms with Gasteiger partial charge in [0.25, 0.3) is 0 Å². The molecule has 20 heavy (non-hydrogen) atoms. The van der Waals surface area contributed by atoms with Crippen LogP contribution < -0.4 is 0 Å². The first-order valence-corrected chi connectivity index (χ1v) is 7.41. The van der Waals surface area contributed by atoms with E-state index in [-0.39, 0.29) is 0 Å². The quantitative estimate of drug-likeness (QED) is 0.795. The first kappa shape index (κ1) is 13.1. The smallest absolute Gasteiger partial charge is 0.0237 e. The van der Waals surface area contributed by atoms with E-state index in [0.717, 1.165) is 13.1 Å². The van der Waals surface area contributed by atoms with Crippen molar-refractivity contribution in [2.45, 2.75) is 19.4 Å². The van der Waals surface area contributed by atoms with Gasteiger partial charge in [0.15, 0.2) is 0 Å². The average molecular weight is 263 g/mol. The molecule has 0 bridgehead atoms. The van der Waals surface area contributed by atoms with Crippen LogP contribution in [0.4, 0.5) is 0 Å². The van der Waals surface area contributed by atoms with E-state index in [2.05, 4.69) is 71.6 Å². The lowest BCUT2D eigenvalue weighted by Gasteiger charge is -2.28. The van der Waals surface area contributed by atoms with Gasteiger partial charge in [0.1, 0.15) is 0 Å². The van der Waals surface area contributed by atoms with E-state index >= 15 is 0 Å². The van der Waals surface area contributed by atoms with E-state index in [1.54, 1.807) is 5.57 Å². The average Bonchev–Trinajstić information content (AvgIpc) is 2.50. The van der Waals surface area contributed by atoms with Crippen molar-refractivity contribution in [3.05, 3.63) is 77.4 Å². The van der Waals surface area contributed by atoms with Crippen LogP contribution in [-0.2, 0) is 6.54 Å².